The quantitative estimate of drug-likeness (QED) is 0.721. The summed E-state index contributed by atoms with van der Waals surface area (Å²) in [4.78, 5) is 28.4. The minimum absolute atomic E-state index is 0.223. The Kier molecular flexibility index (Phi) is 7.10. The minimum atomic E-state index is -0.301. The Morgan fingerprint density at radius 2 is 1.92 bits per heavy atom. The molecule has 0 saturated heterocycles. The normalized spacial score (nSPS) is 10.3. The number of pyridine rings is 1. The van der Waals surface area contributed by atoms with Crippen molar-refractivity contribution in [2.75, 3.05) is 20.3 Å². The summed E-state index contributed by atoms with van der Waals surface area (Å²) in [5.41, 5.74) is 2.81. The van der Waals surface area contributed by atoms with E-state index >= 15 is 0 Å². The molecule has 2 amide bonds. The number of amides is 2. The van der Waals surface area contributed by atoms with Crippen LogP contribution in [0.2, 0.25) is 0 Å². The predicted octanol–water partition coefficient (Wildman–Crippen LogP) is 2.09. The van der Waals surface area contributed by atoms with Gasteiger partial charge in [-0.3, -0.25) is 14.6 Å². The van der Waals surface area contributed by atoms with E-state index in [4.69, 9.17) is 4.74 Å². The third-order valence-electron chi connectivity index (χ3n) is 3.77. The lowest BCUT2D eigenvalue weighted by Gasteiger charge is -2.09. The van der Waals surface area contributed by atoms with Gasteiger partial charge in [0.1, 0.15) is 5.69 Å². The molecule has 25 heavy (non-hydrogen) atoms. The Bertz CT molecular complexity index is 731. The fourth-order valence-corrected chi connectivity index (χ4v) is 2.29. The molecule has 0 aliphatic rings. The van der Waals surface area contributed by atoms with Crippen LogP contribution in [-0.4, -0.2) is 37.1 Å². The van der Waals surface area contributed by atoms with Gasteiger partial charge in [-0.05, 0) is 36.6 Å². The Morgan fingerprint density at radius 1 is 1.12 bits per heavy atom. The van der Waals surface area contributed by atoms with Gasteiger partial charge in [0.05, 0.1) is 0 Å². The monoisotopic (exact) mass is 341 g/mol. The minimum Gasteiger partial charge on any atom is -0.385 e. The highest BCUT2D eigenvalue weighted by Crippen LogP contribution is 2.07. The van der Waals surface area contributed by atoms with Crippen molar-refractivity contribution in [2.45, 2.75) is 19.9 Å². The number of carbonyl (C=O) groups excluding carboxylic acids is 2. The van der Waals surface area contributed by atoms with E-state index in [9.17, 15) is 9.59 Å². The van der Waals surface area contributed by atoms with Gasteiger partial charge < -0.3 is 15.4 Å². The lowest BCUT2D eigenvalue weighted by Crippen LogP contribution is -2.27. The van der Waals surface area contributed by atoms with Gasteiger partial charge in [-0.2, -0.15) is 0 Å². The van der Waals surface area contributed by atoms with E-state index < -0.39 is 0 Å². The maximum Gasteiger partial charge on any atom is 0.269 e. The number of ether oxygens (including phenoxy) is 1. The Balaban J connectivity index is 1.94. The fourth-order valence-electron chi connectivity index (χ4n) is 2.29. The largest absolute Gasteiger partial charge is 0.385 e. The molecule has 0 spiro atoms. The molecule has 1 heterocycles. The van der Waals surface area contributed by atoms with Crippen LogP contribution in [0.3, 0.4) is 0 Å². The van der Waals surface area contributed by atoms with Crippen molar-refractivity contribution >= 4 is 11.8 Å². The van der Waals surface area contributed by atoms with Crippen LogP contribution in [0.25, 0.3) is 0 Å². The van der Waals surface area contributed by atoms with Gasteiger partial charge in [0.25, 0.3) is 11.8 Å². The van der Waals surface area contributed by atoms with Crippen molar-refractivity contribution in [3.8, 4) is 0 Å². The zero-order chi connectivity index (χ0) is 18.1. The molecule has 2 aromatic rings. The third kappa shape index (κ3) is 5.69. The topological polar surface area (TPSA) is 80.3 Å². The first-order chi connectivity index (χ1) is 12.1. The van der Waals surface area contributed by atoms with Crippen molar-refractivity contribution < 1.29 is 14.3 Å². The molecular weight excluding hydrogens is 318 g/mol. The first-order valence-electron chi connectivity index (χ1n) is 8.17. The van der Waals surface area contributed by atoms with Crippen molar-refractivity contribution in [1.82, 2.24) is 15.6 Å². The SMILES string of the molecule is COCCCNC(=O)c1cc(C(=O)NCc2ccccc2C)ccn1. The Labute approximate surface area is 147 Å². The van der Waals surface area contributed by atoms with Crippen molar-refractivity contribution in [1.29, 1.82) is 0 Å². The third-order valence-corrected chi connectivity index (χ3v) is 3.77. The van der Waals surface area contributed by atoms with Crippen LogP contribution in [0.4, 0.5) is 0 Å². The highest BCUT2D eigenvalue weighted by Gasteiger charge is 2.11. The van der Waals surface area contributed by atoms with E-state index in [1.165, 1.54) is 12.3 Å². The van der Waals surface area contributed by atoms with Crippen molar-refractivity contribution in [3.63, 3.8) is 0 Å². The van der Waals surface area contributed by atoms with Gasteiger partial charge in [-0.1, -0.05) is 24.3 Å². The highest BCUT2D eigenvalue weighted by atomic mass is 16.5. The van der Waals surface area contributed by atoms with E-state index in [2.05, 4.69) is 15.6 Å². The number of methoxy groups -OCH3 is 1. The van der Waals surface area contributed by atoms with Gasteiger partial charge in [0, 0.05) is 38.6 Å². The first-order valence-corrected chi connectivity index (χ1v) is 8.17. The van der Waals surface area contributed by atoms with E-state index in [1.54, 1.807) is 13.2 Å². The van der Waals surface area contributed by atoms with Crippen LogP contribution in [-0.2, 0) is 11.3 Å². The molecule has 0 fully saturated rings. The number of nitrogens with zero attached hydrogens (tertiary/aromatic N) is 1. The molecule has 0 bridgehead atoms. The summed E-state index contributed by atoms with van der Waals surface area (Å²) >= 11 is 0. The van der Waals surface area contributed by atoms with Crippen molar-refractivity contribution in [2.24, 2.45) is 0 Å². The lowest BCUT2D eigenvalue weighted by atomic mass is 10.1. The number of benzene rings is 1. The second-order valence-corrected chi connectivity index (χ2v) is 5.64. The van der Waals surface area contributed by atoms with E-state index in [0.717, 1.165) is 17.5 Å². The van der Waals surface area contributed by atoms with Crippen LogP contribution >= 0.6 is 0 Å². The van der Waals surface area contributed by atoms with Gasteiger partial charge in [-0.15, -0.1) is 0 Å². The fraction of sp³-hybridized carbons (Fsp3) is 0.316. The maximum atomic E-state index is 12.3. The second-order valence-electron chi connectivity index (χ2n) is 5.64. The Morgan fingerprint density at radius 3 is 2.68 bits per heavy atom. The van der Waals surface area contributed by atoms with E-state index in [0.29, 0.717) is 25.3 Å². The molecule has 6 heteroatoms. The average molecular weight is 341 g/mol. The standard InChI is InChI=1S/C19H23N3O3/c1-14-6-3-4-7-16(14)13-22-18(23)15-8-10-20-17(12-15)19(24)21-9-5-11-25-2/h3-4,6-8,10,12H,5,9,11,13H2,1-2H3,(H,21,24)(H,22,23). The summed E-state index contributed by atoms with van der Waals surface area (Å²) in [5, 5.41) is 5.62. The van der Waals surface area contributed by atoms with Crippen LogP contribution in [0.1, 0.15) is 38.4 Å². The van der Waals surface area contributed by atoms with E-state index in [1.807, 2.05) is 31.2 Å². The molecule has 0 radical (unpaired) electrons. The molecule has 0 atom stereocenters. The van der Waals surface area contributed by atoms with Gasteiger partial charge in [-0.25, -0.2) is 0 Å². The molecule has 0 saturated carbocycles. The summed E-state index contributed by atoms with van der Waals surface area (Å²) in [6.07, 6.45) is 2.19. The highest BCUT2D eigenvalue weighted by molar-refractivity contribution is 5.98. The Hall–Kier alpha value is -2.73. The van der Waals surface area contributed by atoms with E-state index in [-0.39, 0.29) is 17.5 Å². The van der Waals surface area contributed by atoms with Crippen LogP contribution in [0.5, 0.6) is 0 Å². The molecule has 0 aliphatic carbocycles. The predicted molar refractivity (Wildman–Crippen MR) is 95.4 cm³/mol. The molecule has 1 aromatic carbocycles. The number of aromatic nitrogens is 1. The zero-order valence-corrected chi connectivity index (χ0v) is 14.5. The lowest BCUT2D eigenvalue weighted by molar-refractivity contribution is 0.0943. The van der Waals surface area contributed by atoms with Gasteiger partial charge >= 0.3 is 0 Å². The second kappa shape index (κ2) is 9.54. The average Bonchev–Trinajstić information content (AvgIpc) is 2.64. The summed E-state index contributed by atoms with van der Waals surface area (Å²) < 4.78 is 4.93. The van der Waals surface area contributed by atoms with Crippen LogP contribution < -0.4 is 10.6 Å². The smallest absolute Gasteiger partial charge is 0.269 e. The number of hydrogen-bond acceptors (Lipinski definition) is 4. The summed E-state index contributed by atoms with van der Waals surface area (Å²) in [5.74, 6) is -0.538. The first kappa shape index (κ1) is 18.6. The maximum absolute atomic E-state index is 12.3. The molecule has 2 N–H and O–H groups in total. The van der Waals surface area contributed by atoms with Crippen LogP contribution in [0.15, 0.2) is 42.6 Å². The molecule has 0 aliphatic heterocycles. The van der Waals surface area contributed by atoms with Gasteiger partial charge in [0.15, 0.2) is 0 Å². The number of aryl methyl sites for hydroxylation is 1. The number of rotatable bonds is 8. The van der Waals surface area contributed by atoms with Crippen LogP contribution in [0, 0.1) is 6.92 Å². The van der Waals surface area contributed by atoms with Gasteiger partial charge in [0.2, 0.25) is 0 Å². The molecule has 6 nitrogen and oxygen atoms in total. The number of hydrogen-bond donors (Lipinski definition) is 2. The summed E-state index contributed by atoms with van der Waals surface area (Å²) in [6, 6.07) is 11.0. The molecule has 2 rings (SSSR count). The molecule has 0 unspecified atom stereocenters. The number of nitrogens with one attached hydrogen (secondary N) is 2. The zero-order valence-electron chi connectivity index (χ0n) is 14.5. The molecular formula is C19H23N3O3. The molecule has 132 valence electrons. The number of carbonyl (C=O) groups is 2. The van der Waals surface area contributed by atoms with Crippen molar-refractivity contribution in [3.05, 3.63) is 65.0 Å². The summed E-state index contributed by atoms with van der Waals surface area (Å²) in [7, 11) is 1.61. The summed E-state index contributed by atoms with van der Waals surface area (Å²) in [6.45, 7) is 3.51. The molecule has 1 aromatic heterocycles.